The third-order valence-electron chi connectivity index (χ3n) is 3.40. The number of fused-ring (bicyclic) bond motifs is 1. The molecule has 0 aliphatic carbocycles. The number of nitrogens with zero attached hydrogens (tertiary/aromatic N) is 2. The summed E-state index contributed by atoms with van der Waals surface area (Å²) in [5.74, 6) is 0.610. The summed E-state index contributed by atoms with van der Waals surface area (Å²) in [6, 6.07) is 13.5. The molecule has 1 aromatic heterocycles. The van der Waals surface area contributed by atoms with Crippen LogP contribution in [0.15, 0.2) is 48.7 Å². The van der Waals surface area contributed by atoms with Crippen LogP contribution >= 0.6 is 0 Å². The van der Waals surface area contributed by atoms with Crippen LogP contribution in [0.4, 0.5) is 0 Å². The molecule has 1 N–H and O–H groups in total. The van der Waals surface area contributed by atoms with Gasteiger partial charge in [0.05, 0.1) is 22.9 Å². The summed E-state index contributed by atoms with van der Waals surface area (Å²) in [6.45, 7) is 4.12. The van der Waals surface area contributed by atoms with Crippen LogP contribution in [0.2, 0.25) is 0 Å². The summed E-state index contributed by atoms with van der Waals surface area (Å²) in [5.41, 5.74) is 4.33. The van der Waals surface area contributed by atoms with Crippen molar-refractivity contribution < 1.29 is 5.11 Å². The van der Waals surface area contributed by atoms with Crippen molar-refractivity contribution in [3.05, 3.63) is 54.2 Å². The predicted octanol–water partition coefficient (Wildman–Crippen LogP) is 4.13. The first kappa shape index (κ1) is 12.6. The normalized spacial score (nSPS) is 11.2. The molecule has 3 heteroatoms. The Kier molecular flexibility index (Phi) is 3.11. The van der Waals surface area contributed by atoms with E-state index in [2.05, 4.69) is 23.8 Å². The van der Waals surface area contributed by atoms with Gasteiger partial charge in [-0.15, -0.1) is 0 Å². The summed E-state index contributed by atoms with van der Waals surface area (Å²) in [5, 5.41) is 10.1. The zero-order valence-corrected chi connectivity index (χ0v) is 11.5. The van der Waals surface area contributed by atoms with Crippen LogP contribution in [0.25, 0.3) is 22.3 Å². The van der Waals surface area contributed by atoms with Crippen molar-refractivity contribution >= 4 is 11.0 Å². The Labute approximate surface area is 117 Å². The molecule has 0 amide bonds. The summed E-state index contributed by atoms with van der Waals surface area (Å²) in [6.07, 6.45) is 1.74. The number of phenols is 1. The van der Waals surface area contributed by atoms with Crippen LogP contribution in [-0.4, -0.2) is 15.1 Å². The van der Waals surface area contributed by atoms with Gasteiger partial charge < -0.3 is 5.11 Å². The molecule has 3 aromatic rings. The number of hydrogen-bond donors (Lipinski definition) is 1. The van der Waals surface area contributed by atoms with Crippen LogP contribution in [0.5, 0.6) is 5.75 Å². The van der Waals surface area contributed by atoms with Gasteiger partial charge >= 0.3 is 0 Å². The van der Waals surface area contributed by atoms with Crippen LogP contribution in [-0.2, 0) is 0 Å². The fraction of sp³-hybridized carbons (Fsp3) is 0.176. The smallest absolute Gasteiger partial charge is 0.119 e. The Morgan fingerprint density at radius 1 is 1.00 bits per heavy atom. The van der Waals surface area contributed by atoms with Crippen molar-refractivity contribution in [3.8, 4) is 17.0 Å². The zero-order chi connectivity index (χ0) is 14.1. The highest BCUT2D eigenvalue weighted by Crippen LogP contribution is 2.30. The van der Waals surface area contributed by atoms with Crippen LogP contribution in [0, 0.1) is 0 Å². The molecule has 0 aliphatic heterocycles. The van der Waals surface area contributed by atoms with Gasteiger partial charge in [0, 0.05) is 5.56 Å². The van der Waals surface area contributed by atoms with Gasteiger partial charge in [0.15, 0.2) is 0 Å². The number of benzene rings is 2. The summed E-state index contributed by atoms with van der Waals surface area (Å²) < 4.78 is 0. The summed E-state index contributed by atoms with van der Waals surface area (Å²) in [4.78, 5) is 8.99. The average molecular weight is 264 g/mol. The lowest BCUT2D eigenvalue weighted by atomic mass is 9.99. The standard InChI is InChI=1S/C17H16N2O/c1-11(2)13-8-7-12(9-17(13)20)16-10-18-14-5-3-4-6-15(14)19-16/h3-11,20H,1-2H3. The van der Waals surface area contributed by atoms with Gasteiger partial charge in [-0.05, 0) is 29.7 Å². The monoisotopic (exact) mass is 264 g/mol. The van der Waals surface area contributed by atoms with Crippen molar-refractivity contribution in [1.29, 1.82) is 0 Å². The Hall–Kier alpha value is -2.42. The van der Waals surface area contributed by atoms with Gasteiger partial charge in [0.2, 0.25) is 0 Å². The molecule has 0 radical (unpaired) electrons. The van der Waals surface area contributed by atoms with Crippen LogP contribution in [0.1, 0.15) is 25.3 Å². The molecule has 3 rings (SSSR count). The van der Waals surface area contributed by atoms with Crippen molar-refractivity contribution in [2.75, 3.05) is 0 Å². The molecule has 0 saturated carbocycles. The third-order valence-corrected chi connectivity index (χ3v) is 3.40. The minimum Gasteiger partial charge on any atom is -0.508 e. The number of aromatic hydroxyl groups is 1. The second-order valence-corrected chi connectivity index (χ2v) is 5.17. The molecule has 0 saturated heterocycles. The SMILES string of the molecule is CC(C)c1ccc(-c2cnc3ccccc3n2)cc1O. The first-order chi connectivity index (χ1) is 9.65. The number of phenolic OH excluding ortho intramolecular Hbond substituents is 1. The van der Waals surface area contributed by atoms with E-state index >= 15 is 0 Å². The molecule has 0 unspecified atom stereocenters. The molecular formula is C17H16N2O. The zero-order valence-electron chi connectivity index (χ0n) is 11.5. The maximum Gasteiger partial charge on any atom is 0.119 e. The molecule has 0 spiro atoms. The van der Waals surface area contributed by atoms with Crippen molar-refractivity contribution in [2.45, 2.75) is 19.8 Å². The molecule has 3 nitrogen and oxygen atoms in total. The Morgan fingerprint density at radius 2 is 1.75 bits per heavy atom. The summed E-state index contributed by atoms with van der Waals surface area (Å²) in [7, 11) is 0. The molecule has 0 fully saturated rings. The Morgan fingerprint density at radius 3 is 2.45 bits per heavy atom. The van der Waals surface area contributed by atoms with Gasteiger partial charge in [-0.2, -0.15) is 0 Å². The first-order valence-electron chi connectivity index (χ1n) is 6.70. The molecule has 0 bridgehead atoms. The van der Waals surface area contributed by atoms with Crippen LogP contribution < -0.4 is 0 Å². The molecule has 100 valence electrons. The van der Waals surface area contributed by atoms with E-state index in [1.54, 1.807) is 12.3 Å². The first-order valence-corrected chi connectivity index (χ1v) is 6.70. The fourth-order valence-electron chi connectivity index (χ4n) is 2.29. The molecule has 1 heterocycles. The number of hydrogen-bond acceptors (Lipinski definition) is 3. The average Bonchev–Trinajstić information content (AvgIpc) is 2.46. The highest BCUT2D eigenvalue weighted by atomic mass is 16.3. The predicted molar refractivity (Wildman–Crippen MR) is 80.7 cm³/mol. The maximum atomic E-state index is 10.1. The van der Waals surface area contributed by atoms with Crippen LogP contribution in [0.3, 0.4) is 0 Å². The quantitative estimate of drug-likeness (QED) is 0.757. The van der Waals surface area contributed by atoms with E-state index in [1.807, 2.05) is 36.4 Å². The molecule has 2 aromatic carbocycles. The van der Waals surface area contributed by atoms with E-state index in [0.29, 0.717) is 11.7 Å². The molecular weight excluding hydrogens is 248 g/mol. The lowest BCUT2D eigenvalue weighted by Gasteiger charge is -2.10. The highest BCUT2D eigenvalue weighted by molar-refractivity contribution is 5.77. The minimum absolute atomic E-state index is 0.298. The molecule has 0 aliphatic rings. The second kappa shape index (κ2) is 4.93. The number of rotatable bonds is 2. The maximum absolute atomic E-state index is 10.1. The van der Waals surface area contributed by atoms with E-state index in [4.69, 9.17) is 0 Å². The van der Waals surface area contributed by atoms with Crippen molar-refractivity contribution in [1.82, 2.24) is 9.97 Å². The van der Waals surface area contributed by atoms with E-state index < -0.39 is 0 Å². The van der Waals surface area contributed by atoms with Gasteiger partial charge in [-0.1, -0.05) is 38.1 Å². The number of para-hydroxylation sites is 2. The van der Waals surface area contributed by atoms with Gasteiger partial charge in [0.1, 0.15) is 5.75 Å². The van der Waals surface area contributed by atoms with Gasteiger partial charge in [-0.3, -0.25) is 4.98 Å². The third kappa shape index (κ3) is 2.23. The highest BCUT2D eigenvalue weighted by Gasteiger charge is 2.09. The Balaban J connectivity index is 2.08. The number of aromatic nitrogens is 2. The van der Waals surface area contributed by atoms with Gasteiger partial charge in [0.25, 0.3) is 0 Å². The van der Waals surface area contributed by atoms with E-state index in [1.165, 1.54) is 0 Å². The lowest BCUT2D eigenvalue weighted by molar-refractivity contribution is 0.465. The van der Waals surface area contributed by atoms with E-state index in [9.17, 15) is 5.11 Å². The molecule has 20 heavy (non-hydrogen) atoms. The van der Waals surface area contributed by atoms with E-state index in [-0.39, 0.29) is 0 Å². The Bertz CT molecular complexity index is 766. The van der Waals surface area contributed by atoms with Crippen molar-refractivity contribution in [2.24, 2.45) is 0 Å². The van der Waals surface area contributed by atoms with Gasteiger partial charge in [-0.25, -0.2) is 4.98 Å². The second-order valence-electron chi connectivity index (χ2n) is 5.17. The lowest BCUT2D eigenvalue weighted by Crippen LogP contribution is -1.91. The molecule has 0 atom stereocenters. The minimum atomic E-state index is 0.298. The van der Waals surface area contributed by atoms with Crippen molar-refractivity contribution in [3.63, 3.8) is 0 Å². The fourth-order valence-corrected chi connectivity index (χ4v) is 2.29. The largest absolute Gasteiger partial charge is 0.508 e. The summed E-state index contributed by atoms with van der Waals surface area (Å²) >= 11 is 0. The van der Waals surface area contributed by atoms with E-state index in [0.717, 1.165) is 27.9 Å². The topological polar surface area (TPSA) is 46.0 Å².